The normalized spacial score (nSPS) is 13.1. The van der Waals surface area contributed by atoms with Crippen molar-refractivity contribution in [2.24, 2.45) is 4.36 Å². The van der Waals surface area contributed by atoms with E-state index in [1.165, 1.54) is 7.11 Å². The number of nitrogens with zero attached hydrogens (tertiary/aromatic N) is 3. The van der Waals surface area contributed by atoms with E-state index in [2.05, 4.69) is 14.5 Å². The van der Waals surface area contributed by atoms with Gasteiger partial charge in [-0.15, -0.1) is 0 Å². The zero-order valence-electron chi connectivity index (χ0n) is 14.9. The van der Waals surface area contributed by atoms with Crippen molar-refractivity contribution in [2.75, 3.05) is 20.5 Å². The van der Waals surface area contributed by atoms with E-state index in [-0.39, 0.29) is 0 Å². The SMILES string of the molecule is COc1ccc(S(C)(=O)=Nc2cccc(-c3noc(C)n3)c2)c(OC)c1. The number of aromatic nitrogens is 2. The lowest BCUT2D eigenvalue weighted by Gasteiger charge is -2.12. The molecule has 0 amide bonds. The molecule has 3 aromatic rings. The predicted octanol–water partition coefficient (Wildman–Crippen LogP) is 3.85. The van der Waals surface area contributed by atoms with Gasteiger partial charge in [0.25, 0.3) is 0 Å². The smallest absolute Gasteiger partial charge is 0.223 e. The summed E-state index contributed by atoms with van der Waals surface area (Å²) in [7, 11) is 0.339. The van der Waals surface area contributed by atoms with Gasteiger partial charge in [-0.25, -0.2) is 4.21 Å². The Morgan fingerprint density at radius 2 is 1.92 bits per heavy atom. The molecule has 8 heteroatoms. The maximum Gasteiger partial charge on any atom is 0.223 e. The van der Waals surface area contributed by atoms with E-state index in [1.54, 1.807) is 56.7 Å². The van der Waals surface area contributed by atoms with Crippen LogP contribution in [0.5, 0.6) is 11.5 Å². The molecule has 0 saturated carbocycles. The van der Waals surface area contributed by atoms with E-state index in [4.69, 9.17) is 14.0 Å². The number of rotatable bonds is 5. The van der Waals surface area contributed by atoms with Crippen LogP contribution in [0.15, 0.2) is 56.2 Å². The number of hydrogen-bond acceptors (Lipinski definition) is 7. The van der Waals surface area contributed by atoms with Gasteiger partial charge < -0.3 is 14.0 Å². The summed E-state index contributed by atoms with van der Waals surface area (Å²) in [5, 5.41) is 3.90. The second-order valence-corrected chi connectivity index (χ2v) is 7.83. The minimum Gasteiger partial charge on any atom is -0.497 e. The standard InChI is InChI=1S/C18H19N3O4S/c1-12-19-18(20-25-12)13-6-5-7-14(10-13)21-26(4,22)17-9-8-15(23-2)11-16(17)24-3/h5-11H,1-4H3. The molecule has 1 unspecified atom stereocenters. The highest BCUT2D eigenvalue weighted by atomic mass is 32.2. The fourth-order valence-electron chi connectivity index (χ4n) is 2.46. The highest BCUT2D eigenvalue weighted by Crippen LogP contribution is 2.31. The van der Waals surface area contributed by atoms with Crippen molar-refractivity contribution in [3.63, 3.8) is 0 Å². The van der Waals surface area contributed by atoms with Gasteiger partial charge in [0.15, 0.2) is 0 Å². The zero-order valence-corrected chi connectivity index (χ0v) is 15.7. The molecule has 0 aliphatic rings. The Kier molecular flexibility index (Phi) is 4.94. The molecule has 0 aliphatic carbocycles. The Morgan fingerprint density at radius 1 is 1.12 bits per heavy atom. The summed E-state index contributed by atoms with van der Waals surface area (Å²) in [5.41, 5.74) is 1.29. The fraction of sp³-hybridized carbons (Fsp3) is 0.222. The second kappa shape index (κ2) is 7.17. The monoisotopic (exact) mass is 373 g/mol. The van der Waals surface area contributed by atoms with Gasteiger partial charge in [0, 0.05) is 24.8 Å². The van der Waals surface area contributed by atoms with Crippen LogP contribution in [0.25, 0.3) is 11.4 Å². The van der Waals surface area contributed by atoms with Gasteiger partial charge in [-0.05, 0) is 24.3 Å². The molecule has 136 valence electrons. The maximum atomic E-state index is 13.3. The van der Waals surface area contributed by atoms with E-state index in [1.807, 2.05) is 6.07 Å². The molecule has 7 nitrogen and oxygen atoms in total. The highest BCUT2D eigenvalue weighted by molar-refractivity contribution is 7.93. The molecule has 1 aromatic heterocycles. The van der Waals surface area contributed by atoms with E-state index >= 15 is 0 Å². The number of methoxy groups -OCH3 is 2. The second-order valence-electron chi connectivity index (χ2n) is 5.60. The summed E-state index contributed by atoms with van der Waals surface area (Å²) >= 11 is 0. The van der Waals surface area contributed by atoms with Crippen LogP contribution in [-0.4, -0.2) is 34.8 Å². The molecule has 1 atom stereocenters. The minimum atomic E-state index is -2.74. The van der Waals surface area contributed by atoms with Crippen molar-refractivity contribution < 1.29 is 18.2 Å². The van der Waals surface area contributed by atoms with E-state index in [0.717, 1.165) is 5.56 Å². The summed E-state index contributed by atoms with van der Waals surface area (Å²) in [5.74, 6) is 2.02. The minimum absolute atomic E-state index is 0.462. The third-order valence-electron chi connectivity index (χ3n) is 3.69. The van der Waals surface area contributed by atoms with Gasteiger partial charge in [-0.2, -0.15) is 9.35 Å². The van der Waals surface area contributed by atoms with E-state index in [9.17, 15) is 4.21 Å². The molecule has 0 N–H and O–H groups in total. The van der Waals surface area contributed by atoms with Gasteiger partial charge in [-0.3, -0.25) is 0 Å². The summed E-state index contributed by atoms with van der Waals surface area (Å²) < 4.78 is 33.2. The Labute approximate surface area is 152 Å². The summed E-state index contributed by atoms with van der Waals surface area (Å²) in [6, 6.07) is 12.3. The molecule has 0 fully saturated rings. The van der Waals surface area contributed by atoms with Crippen molar-refractivity contribution >= 4 is 15.4 Å². The van der Waals surface area contributed by atoms with Gasteiger partial charge in [0.1, 0.15) is 11.5 Å². The molecular formula is C18H19N3O4S. The molecule has 0 bridgehead atoms. The largest absolute Gasteiger partial charge is 0.497 e. The third kappa shape index (κ3) is 3.70. The van der Waals surface area contributed by atoms with Gasteiger partial charge >= 0.3 is 0 Å². The lowest BCUT2D eigenvalue weighted by Crippen LogP contribution is -2.01. The first kappa shape index (κ1) is 17.9. The molecular weight excluding hydrogens is 354 g/mol. The van der Waals surface area contributed by atoms with Crippen LogP contribution in [0, 0.1) is 6.92 Å². The average molecular weight is 373 g/mol. The Bertz CT molecular complexity index is 1050. The lowest BCUT2D eigenvalue weighted by molar-refractivity contribution is 0.387. The van der Waals surface area contributed by atoms with Crippen molar-refractivity contribution in [3.8, 4) is 22.9 Å². The van der Waals surface area contributed by atoms with Crippen molar-refractivity contribution in [2.45, 2.75) is 11.8 Å². The van der Waals surface area contributed by atoms with Crippen molar-refractivity contribution in [1.82, 2.24) is 10.1 Å². The van der Waals surface area contributed by atoms with Crippen LogP contribution >= 0.6 is 0 Å². The third-order valence-corrected chi connectivity index (χ3v) is 5.40. The van der Waals surface area contributed by atoms with Crippen LogP contribution in [-0.2, 0) is 9.73 Å². The molecule has 1 heterocycles. The van der Waals surface area contributed by atoms with Gasteiger partial charge in [0.05, 0.1) is 34.5 Å². The quantitative estimate of drug-likeness (QED) is 0.675. The Morgan fingerprint density at radius 3 is 2.58 bits per heavy atom. The predicted molar refractivity (Wildman–Crippen MR) is 98.4 cm³/mol. The number of hydrogen-bond donors (Lipinski definition) is 0. The van der Waals surface area contributed by atoms with E-state index in [0.29, 0.717) is 33.8 Å². The molecule has 3 rings (SSSR count). The van der Waals surface area contributed by atoms with Crippen LogP contribution in [0.4, 0.5) is 5.69 Å². The van der Waals surface area contributed by atoms with Crippen LogP contribution in [0.3, 0.4) is 0 Å². The fourth-order valence-corrected chi connectivity index (χ4v) is 3.91. The van der Waals surface area contributed by atoms with Crippen molar-refractivity contribution in [3.05, 3.63) is 48.4 Å². The number of benzene rings is 2. The van der Waals surface area contributed by atoms with Crippen LogP contribution < -0.4 is 9.47 Å². The van der Waals surface area contributed by atoms with E-state index < -0.39 is 9.73 Å². The first-order valence-corrected chi connectivity index (χ1v) is 9.70. The zero-order chi connectivity index (χ0) is 18.7. The molecule has 2 aromatic carbocycles. The highest BCUT2D eigenvalue weighted by Gasteiger charge is 2.15. The average Bonchev–Trinajstić information content (AvgIpc) is 3.07. The summed E-state index contributed by atoms with van der Waals surface area (Å²) in [4.78, 5) is 4.70. The molecule has 0 radical (unpaired) electrons. The van der Waals surface area contributed by atoms with Crippen LogP contribution in [0.1, 0.15) is 5.89 Å². The summed E-state index contributed by atoms with van der Waals surface area (Å²) in [6.45, 7) is 1.72. The van der Waals surface area contributed by atoms with Crippen LogP contribution in [0.2, 0.25) is 0 Å². The first-order valence-electron chi connectivity index (χ1n) is 7.78. The van der Waals surface area contributed by atoms with Crippen molar-refractivity contribution in [1.29, 1.82) is 0 Å². The first-order chi connectivity index (χ1) is 12.4. The van der Waals surface area contributed by atoms with Gasteiger partial charge in [0.2, 0.25) is 11.7 Å². The maximum absolute atomic E-state index is 13.3. The number of aryl methyl sites for hydroxylation is 1. The van der Waals surface area contributed by atoms with Gasteiger partial charge in [-0.1, -0.05) is 17.3 Å². The summed E-state index contributed by atoms with van der Waals surface area (Å²) in [6.07, 6.45) is 1.57. The molecule has 0 spiro atoms. The topological polar surface area (TPSA) is 86.8 Å². The Hall–Kier alpha value is -2.87. The lowest BCUT2D eigenvalue weighted by atomic mass is 10.2. The molecule has 0 aliphatic heterocycles. The molecule has 0 saturated heterocycles. The molecule has 26 heavy (non-hydrogen) atoms. The Balaban J connectivity index is 2.05. The number of ether oxygens (including phenoxy) is 2.